The lowest BCUT2D eigenvalue weighted by molar-refractivity contribution is -0.173. The number of rotatable bonds is 6. The van der Waals surface area contributed by atoms with E-state index in [1.54, 1.807) is 0 Å². The summed E-state index contributed by atoms with van der Waals surface area (Å²) in [7, 11) is 0. The van der Waals surface area contributed by atoms with Gasteiger partial charge in [0.1, 0.15) is 6.61 Å². The van der Waals surface area contributed by atoms with Gasteiger partial charge in [-0.2, -0.15) is 18.2 Å². The quantitative estimate of drug-likeness (QED) is 0.812. The molecule has 1 aromatic rings. The second-order valence-electron chi connectivity index (χ2n) is 5.27. The number of hydrogen-bond acceptors (Lipinski definition) is 5. The van der Waals surface area contributed by atoms with E-state index in [4.69, 9.17) is 10.3 Å². The fraction of sp³-hybridized carbons (Fsp3) is 0.833. The van der Waals surface area contributed by atoms with Crippen LogP contribution in [-0.4, -0.2) is 35.1 Å². The molecular weight excluding hydrogens is 275 g/mol. The highest BCUT2D eigenvalue weighted by Crippen LogP contribution is 2.29. The molecular formula is C12H18F3N3O2. The Morgan fingerprint density at radius 3 is 2.65 bits per heavy atom. The summed E-state index contributed by atoms with van der Waals surface area (Å²) in [5.74, 6) is 0.795. The third kappa shape index (κ3) is 4.75. The second kappa shape index (κ2) is 6.09. The van der Waals surface area contributed by atoms with Crippen molar-refractivity contribution in [2.75, 3.05) is 13.2 Å². The number of ether oxygens (including phenoxy) is 1. The Morgan fingerprint density at radius 1 is 1.30 bits per heavy atom. The lowest BCUT2D eigenvalue weighted by atomic mass is 9.95. The van der Waals surface area contributed by atoms with E-state index in [-0.39, 0.29) is 18.6 Å². The van der Waals surface area contributed by atoms with Crippen LogP contribution in [0.4, 0.5) is 13.2 Å². The zero-order valence-corrected chi connectivity index (χ0v) is 11.1. The number of halogens is 3. The number of aromatic nitrogens is 2. The highest BCUT2D eigenvalue weighted by molar-refractivity contribution is 4.98. The standard InChI is InChI=1S/C12H18F3N3O2/c13-12(14,15)8-19-6-3-9-17-10(20-18-9)7-11(16)4-1-2-5-11/h1-8,16H2. The third-order valence-electron chi connectivity index (χ3n) is 3.35. The summed E-state index contributed by atoms with van der Waals surface area (Å²) in [5, 5.41) is 3.72. The van der Waals surface area contributed by atoms with Crippen LogP contribution in [-0.2, 0) is 17.6 Å². The maximum absolute atomic E-state index is 11.9. The van der Waals surface area contributed by atoms with Crippen LogP contribution in [0.3, 0.4) is 0 Å². The van der Waals surface area contributed by atoms with E-state index in [9.17, 15) is 13.2 Å². The number of alkyl halides is 3. The molecule has 8 heteroatoms. The first-order chi connectivity index (χ1) is 9.36. The van der Waals surface area contributed by atoms with Crippen molar-refractivity contribution in [1.29, 1.82) is 0 Å². The van der Waals surface area contributed by atoms with E-state index < -0.39 is 12.8 Å². The van der Waals surface area contributed by atoms with Gasteiger partial charge in [0.05, 0.1) is 6.61 Å². The fourth-order valence-electron chi connectivity index (χ4n) is 2.37. The van der Waals surface area contributed by atoms with E-state index in [2.05, 4.69) is 14.9 Å². The van der Waals surface area contributed by atoms with E-state index in [0.29, 0.717) is 18.1 Å². The summed E-state index contributed by atoms with van der Waals surface area (Å²) < 4.78 is 45.2. The van der Waals surface area contributed by atoms with Crippen LogP contribution in [0, 0.1) is 0 Å². The van der Waals surface area contributed by atoms with Crippen LogP contribution in [0.2, 0.25) is 0 Å². The van der Waals surface area contributed by atoms with Crippen molar-refractivity contribution in [2.45, 2.75) is 50.2 Å². The minimum Gasteiger partial charge on any atom is -0.372 e. The summed E-state index contributed by atoms with van der Waals surface area (Å²) in [5.41, 5.74) is 5.91. The van der Waals surface area contributed by atoms with Gasteiger partial charge in [-0.3, -0.25) is 0 Å². The first-order valence-electron chi connectivity index (χ1n) is 6.61. The number of nitrogens with two attached hydrogens (primary N) is 1. The Kier molecular flexibility index (Phi) is 4.64. The van der Waals surface area contributed by atoms with Crippen molar-refractivity contribution < 1.29 is 22.4 Å². The van der Waals surface area contributed by atoms with Gasteiger partial charge in [-0.25, -0.2) is 0 Å². The summed E-state index contributed by atoms with van der Waals surface area (Å²) >= 11 is 0. The summed E-state index contributed by atoms with van der Waals surface area (Å²) in [6, 6.07) is 0. The Hall–Kier alpha value is -1.15. The molecule has 0 unspecified atom stereocenters. The Bertz CT molecular complexity index is 428. The molecule has 1 heterocycles. The van der Waals surface area contributed by atoms with Gasteiger partial charge < -0.3 is 15.0 Å². The molecule has 0 saturated heterocycles. The molecule has 0 radical (unpaired) electrons. The topological polar surface area (TPSA) is 74.2 Å². The highest BCUT2D eigenvalue weighted by atomic mass is 19.4. The zero-order chi connectivity index (χ0) is 14.6. The highest BCUT2D eigenvalue weighted by Gasteiger charge is 2.31. The molecule has 0 atom stereocenters. The molecule has 1 aliphatic carbocycles. The molecule has 20 heavy (non-hydrogen) atoms. The van der Waals surface area contributed by atoms with Gasteiger partial charge in [-0.05, 0) is 12.8 Å². The third-order valence-corrected chi connectivity index (χ3v) is 3.35. The smallest absolute Gasteiger partial charge is 0.372 e. The molecule has 0 spiro atoms. The molecule has 1 saturated carbocycles. The molecule has 114 valence electrons. The largest absolute Gasteiger partial charge is 0.411 e. The Morgan fingerprint density at radius 2 is 2.00 bits per heavy atom. The van der Waals surface area contributed by atoms with Crippen molar-refractivity contribution in [3.63, 3.8) is 0 Å². The molecule has 1 aromatic heterocycles. The molecule has 2 rings (SSSR count). The summed E-state index contributed by atoms with van der Waals surface area (Å²) in [6.07, 6.45) is 0.460. The fourth-order valence-corrected chi connectivity index (χ4v) is 2.37. The van der Waals surface area contributed by atoms with Crippen molar-refractivity contribution in [2.24, 2.45) is 5.73 Å². The van der Waals surface area contributed by atoms with Crippen molar-refractivity contribution in [1.82, 2.24) is 10.1 Å². The van der Waals surface area contributed by atoms with Gasteiger partial charge in [0.25, 0.3) is 0 Å². The summed E-state index contributed by atoms with van der Waals surface area (Å²) in [6.45, 7) is -1.35. The van der Waals surface area contributed by atoms with Crippen LogP contribution >= 0.6 is 0 Å². The summed E-state index contributed by atoms with van der Waals surface area (Å²) in [4.78, 5) is 4.13. The predicted molar refractivity (Wildman–Crippen MR) is 64.0 cm³/mol. The molecule has 1 aliphatic rings. The van der Waals surface area contributed by atoms with Gasteiger partial charge in [-0.1, -0.05) is 18.0 Å². The molecule has 2 N–H and O–H groups in total. The maximum atomic E-state index is 11.9. The number of hydrogen-bond donors (Lipinski definition) is 1. The molecule has 0 amide bonds. The van der Waals surface area contributed by atoms with E-state index in [1.165, 1.54) is 0 Å². The van der Waals surface area contributed by atoms with Crippen molar-refractivity contribution in [3.8, 4) is 0 Å². The molecule has 1 fully saturated rings. The van der Waals surface area contributed by atoms with Gasteiger partial charge in [-0.15, -0.1) is 0 Å². The van der Waals surface area contributed by atoms with Crippen LogP contribution < -0.4 is 5.73 Å². The second-order valence-corrected chi connectivity index (χ2v) is 5.27. The minimum atomic E-state index is -4.31. The average molecular weight is 293 g/mol. The monoisotopic (exact) mass is 293 g/mol. The van der Waals surface area contributed by atoms with E-state index in [1.807, 2.05) is 0 Å². The maximum Gasteiger partial charge on any atom is 0.411 e. The molecule has 0 aromatic carbocycles. The normalized spacial score (nSPS) is 18.6. The lowest BCUT2D eigenvalue weighted by Crippen LogP contribution is -2.38. The van der Waals surface area contributed by atoms with Gasteiger partial charge in [0.2, 0.25) is 5.89 Å². The predicted octanol–water partition coefficient (Wildman–Crippen LogP) is 2.00. The van der Waals surface area contributed by atoms with Crippen LogP contribution in [0.5, 0.6) is 0 Å². The zero-order valence-electron chi connectivity index (χ0n) is 11.1. The van der Waals surface area contributed by atoms with Crippen molar-refractivity contribution >= 4 is 0 Å². The average Bonchev–Trinajstić information content (AvgIpc) is 2.94. The van der Waals surface area contributed by atoms with Gasteiger partial charge in [0.15, 0.2) is 5.82 Å². The van der Waals surface area contributed by atoms with Gasteiger partial charge >= 0.3 is 6.18 Å². The Balaban J connectivity index is 1.75. The first-order valence-corrected chi connectivity index (χ1v) is 6.61. The van der Waals surface area contributed by atoms with Crippen LogP contribution in [0.1, 0.15) is 37.4 Å². The Labute approximate surface area is 114 Å². The first kappa shape index (κ1) is 15.2. The molecule has 5 nitrogen and oxygen atoms in total. The molecule has 0 aliphatic heterocycles. The SMILES string of the molecule is NC1(Cc2nc(CCOCC(F)(F)F)no2)CCCC1. The van der Waals surface area contributed by atoms with Crippen molar-refractivity contribution in [3.05, 3.63) is 11.7 Å². The lowest BCUT2D eigenvalue weighted by Gasteiger charge is -2.20. The molecule has 0 bridgehead atoms. The number of nitrogens with zero attached hydrogens (tertiary/aromatic N) is 2. The van der Waals surface area contributed by atoms with E-state index >= 15 is 0 Å². The van der Waals surface area contributed by atoms with Crippen LogP contribution in [0.15, 0.2) is 4.52 Å². The van der Waals surface area contributed by atoms with Crippen LogP contribution in [0.25, 0.3) is 0 Å². The van der Waals surface area contributed by atoms with E-state index in [0.717, 1.165) is 25.7 Å². The van der Waals surface area contributed by atoms with Gasteiger partial charge in [0, 0.05) is 18.4 Å². The minimum absolute atomic E-state index is 0.0910.